The Balaban J connectivity index is 1.89. The first-order valence-corrected chi connectivity index (χ1v) is 7.28. The normalized spacial score (nSPS) is 11.2. The summed E-state index contributed by atoms with van der Waals surface area (Å²) in [6.07, 6.45) is 3.55. The van der Waals surface area contributed by atoms with Crippen molar-refractivity contribution in [3.8, 4) is 21.3 Å². The maximum absolute atomic E-state index is 4.58. The van der Waals surface area contributed by atoms with Gasteiger partial charge in [-0.25, -0.2) is 0 Å². The van der Waals surface area contributed by atoms with E-state index in [0.29, 0.717) is 0 Å². The third-order valence-corrected chi connectivity index (χ3v) is 4.45. The number of nitrogens with zero attached hydrogens (tertiary/aromatic N) is 5. The van der Waals surface area contributed by atoms with E-state index in [2.05, 4.69) is 20.3 Å². The van der Waals surface area contributed by atoms with Gasteiger partial charge in [0.25, 0.3) is 0 Å². The van der Waals surface area contributed by atoms with Crippen molar-refractivity contribution in [2.24, 2.45) is 0 Å². The van der Waals surface area contributed by atoms with Gasteiger partial charge in [0.1, 0.15) is 5.01 Å². The summed E-state index contributed by atoms with van der Waals surface area (Å²) in [5, 5.41) is 15.9. The number of pyridine rings is 1. The van der Waals surface area contributed by atoms with Gasteiger partial charge in [-0.1, -0.05) is 17.4 Å². The fourth-order valence-electron chi connectivity index (χ4n) is 1.78. The highest BCUT2D eigenvalue weighted by Gasteiger charge is 2.14. The van der Waals surface area contributed by atoms with Gasteiger partial charge in [0, 0.05) is 18.0 Å². The average Bonchev–Trinajstić information content (AvgIpc) is 3.15. The lowest BCUT2D eigenvalue weighted by molar-refractivity contribution is 0.973. The van der Waals surface area contributed by atoms with Gasteiger partial charge < -0.3 is 0 Å². The lowest BCUT2D eigenvalue weighted by atomic mass is 10.3. The van der Waals surface area contributed by atoms with Crippen molar-refractivity contribution in [1.82, 2.24) is 24.8 Å². The standard InChI is InChI=1S/C12H7N5S2/c1-3-8(7-13-5-1)11-16-17-10(9-4-2-6-18-9)14-15-12(17)19-11/h1-7H. The van der Waals surface area contributed by atoms with Crippen molar-refractivity contribution in [1.29, 1.82) is 0 Å². The molecule has 0 unspecified atom stereocenters. The van der Waals surface area contributed by atoms with Crippen LogP contribution in [0.4, 0.5) is 0 Å². The second kappa shape index (κ2) is 4.22. The summed E-state index contributed by atoms with van der Waals surface area (Å²) in [5.41, 5.74) is 0.995. The summed E-state index contributed by atoms with van der Waals surface area (Å²) in [5.74, 6) is 0.788. The van der Waals surface area contributed by atoms with Crippen LogP contribution in [0.2, 0.25) is 0 Å². The Morgan fingerprint density at radius 3 is 2.89 bits per heavy atom. The van der Waals surface area contributed by atoms with E-state index >= 15 is 0 Å². The van der Waals surface area contributed by atoms with E-state index in [9.17, 15) is 0 Å². The van der Waals surface area contributed by atoms with Crippen LogP contribution in [-0.2, 0) is 0 Å². The van der Waals surface area contributed by atoms with Crippen LogP contribution in [0.5, 0.6) is 0 Å². The fourth-order valence-corrected chi connectivity index (χ4v) is 3.31. The Morgan fingerprint density at radius 1 is 1.11 bits per heavy atom. The van der Waals surface area contributed by atoms with Crippen molar-refractivity contribution in [2.75, 3.05) is 0 Å². The van der Waals surface area contributed by atoms with E-state index in [0.717, 1.165) is 26.2 Å². The number of thiophene rings is 1. The SMILES string of the molecule is c1cncc(-c2nn3c(-c4cccs4)nnc3s2)c1. The molecule has 0 N–H and O–H groups in total. The fraction of sp³-hybridized carbons (Fsp3) is 0. The van der Waals surface area contributed by atoms with Gasteiger partial charge in [-0.2, -0.15) is 9.61 Å². The van der Waals surface area contributed by atoms with Crippen LogP contribution in [0, 0.1) is 0 Å². The van der Waals surface area contributed by atoms with Gasteiger partial charge in [-0.05, 0) is 23.6 Å². The van der Waals surface area contributed by atoms with E-state index in [-0.39, 0.29) is 0 Å². The minimum absolute atomic E-state index is 0.788. The zero-order chi connectivity index (χ0) is 12.7. The Labute approximate surface area is 116 Å². The summed E-state index contributed by atoms with van der Waals surface area (Å²) >= 11 is 3.14. The first-order chi connectivity index (χ1) is 9.42. The van der Waals surface area contributed by atoms with E-state index in [4.69, 9.17) is 0 Å². The molecule has 0 aromatic carbocycles. The molecule has 0 saturated carbocycles. The largest absolute Gasteiger partial charge is 0.264 e. The third kappa shape index (κ3) is 1.74. The van der Waals surface area contributed by atoms with Crippen LogP contribution in [0.15, 0.2) is 42.0 Å². The summed E-state index contributed by atoms with van der Waals surface area (Å²) in [4.78, 5) is 5.97. The highest BCUT2D eigenvalue weighted by Crippen LogP contribution is 2.28. The minimum Gasteiger partial charge on any atom is -0.264 e. The van der Waals surface area contributed by atoms with Gasteiger partial charge in [0.05, 0.1) is 4.88 Å². The quantitative estimate of drug-likeness (QED) is 0.568. The van der Waals surface area contributed by atoms with Crippen molar-refractivity contribution < 1.29 is 0 Å². The summed E-state index contributed by atoms with van der Waals surface area (Å²) < 4.78 is 1.79. The molecule has 0 fully saturated rings. The molecular formula is C12H7N5S2. The predicted octanol–water partition coefficient (Wildman–Crippen LogP) is 2.98. The smallest absolute Gasteiger partial charge is 0.235 e. The molecule has 0 saturated heterocycles. The van der Waals surface area contributed by atoms with Gasteiger partial charge in [-0.15, -0.1) is 21.5 Å². The molecule has 0 atom stereocenters. The molecular weight excluding hydrogens is 278 g/mol. The van der Waals surface area contributed by atoms with Gasteiger partial charge in [0.15, 0.2) is 5.82 Å². The van der Waals surface area contributed by atoms with Gasteiger partial charge in [-0.3, -0.25) is 4.98 Å². The van der Waals surface area contributed by atoms with Crippen LogP contribution in [0.25, 0.3) is 26.2 Å². The maximum Gasteiger partial charge on any atom is 0.235 e. The van der Waals surface area contributed by atoms with Gasteiger partial charge >= 0.3 is 0 Å². The van der Waals surface area contributed by atoms with Crippen LogP contribution in [0.3, 0.4) is 0 Å². The number of fused-ring (bicyclic) bond motifs is 1. The first-order valence-electron chi connectivity index (χ1n) is 5.58. The summed E-state index contributed by atoms with van der Waals surface area (Å²) in [6.45, 7) is 0. The second-order valence-electron chi connectivity index (χ2n) is 3.84. The monoisotopic (exact) mass is 285 g/mol. The van der Waals surface area contributed by atoms with E-state index in [1.54, 1.807) is 28.2 Å². The summed E-state index contributed by atoms with van der Waals surface area (Å²) in [6, 6.07) is 7.90. The average molecular weight is 285 g/mol. The maximum atomic E-state index is 4.58. The molecule has 4 aromatic rings. The molecule has 0 aliphatic carbocycles. The van der Waals surface area contributed by atoms with Crippen LogP contribution in [0.1, 0.15) is 0 Å². The lowest BCUT2D eigenvalue weighted by Gasteiger charge is -1.93. The predicted molar refractivity (Wildman–Crippen MR) is 75.2 cm³/mol. The molecule has 19 heavy (non-hydrogen) atoms. The molecule has 0 bridgehead atoms. The number of aromatic nitrogens is 5. The molecule has 0 amide bonds. The molecule has 92 valence electrons. The second-order valence-corrected chi connectivity index (χ2v) is 5.75. The van der Waals surface area contributed by atoms with E-state index in [1.807, 2.05) is 29.6 Å². The molecule has 4 aromatic heterocycles. The number of hydrogen-bond donors (Lipinski definition) is 0. The Hall–Kier alpha value is -2.12. The third-order valence-electron chi connectivity index (χ3n) is 2.64. The van der Waals surface area contributed by atoms with Crippen molar-refractivity contribution >= 4 is 27.6 Å². The lowest BCUT2D eigenvalue weighted by Crippen LogP contribution is -1.89. The molecule has 0 aliphatic heterocycles. The molecule has 0 aliphatic rings. The van der Waals surface area contributed by atoms with Gasteiger partial charge in [0.2, 0.25) is 4.96 Å². The molecule has 0 spiro atoms. The molecule has 5 nitrogen and oxygen atoms in total. The van der Waals surface area contributed by atoms with Crippen molar-refractivity contribution in [3.05, 3.63) is 42.0 Å². The first kappa shape index (κ1) is 10.8. The number of hydrogen-bond acceptors (Lipinski definition) is 6. The van der Waals surface area contributed by atoms with Crippen LogP contribution < -0.4 is 0 Å². The zero-order valence-electron chi connectivity index (χ0n) is 9.59. The Bertz CT molecular complexity index is 816. The highest BCUT2D eigenvalue weighted by molar-refractivity contribution is 7.19. The Morgan fingerprint density at radius 2 is 2.11 bits per heavy atom. The minimum atomic E-state index is 0.788. The van der Waals surface area contributed by atoms with E-state index in [1.165, 1.54) is 11.3 Å². The van der Waals surface area contributed by atoms with Crippen LogP contribution >= 0.6 is 22.7 Å². The van der Waals surface area contributed by atoms with Crippen molar-refractivity contribution in [3.63, 3.8) is 0 Å². The number of rotatable bonds is 2. The molecule has 0 radical (unpaired) electrons. The van der Waals surface area contributed by atoms with Crippen molar-refractivity contribution in [2.45, 2.75) is 0 Å². The Kier molecular flexibility index (Phi) is 2.39. The molecule has 4 heterocycles. The molecule has 4 rings (SSSR count). The van der Waals surface area contributed by atoms with Crippen LogP contribution in [-0.4, -0.2) is 24.8 Å². The van der Waals surface area contributed by atoms with E-state index < -0.39 is 0 Å². The molecule has 7 heteroatoms. The highest BCUT2D eigenvalue weighted by atomic mass is 32.1. The topological polar surface area (TPSA) is 56.0 Å². The summed E-state index contributed by atoms with van der Waals surface area (Å²) in [7, 11) is 0. The zero-order valence-corrected chi connectivity index (χ0v) is 11.2.